The molecule has 10 heteroatoms. The summed E-state index contributed by atoms with van der Waals surface area (Å²) in [5.74, 6) is -0.538. The zero-order valence-electron chi connectivity index (χ0n) is 23.1. The number of ketones is 1. The van der Waals surface area contributed by atoms with Crippen molar-refractivity contribution in [1.29, 1.82) is 0 Å². The summed E-state index contributed by atoms with van der Waals surface area (Å²) >= 11 is 0. The third-order valence-electron chi connectivity index (χ3n) is 6.84. The molecule has 1 unspecified atom stereocenters. The number of Topliss-reactive ketones (excluding diaryl/α,β-unsaturated/α-hetero) is 1. The number of rotatable bonds is 10. The molecule has 1 fully saturated rings. The van der Waals surface area contributed by atoms with Crippen LogP contribution in [0, 0.1) is 6.92 Å². The maximum atomic E-state index is 13.5. The third kappa shape index (κ3) is 5.20. The topological polar surface area (TPSA) is 106 Å². The fourth-order valence-corrected chi connectivity index (χ4v) is 4.87. The lowest BCUT2D eigenvalue weighted by atomic mass is 9.94. The SMILES string of the molecule is COc1cc(OC)c(C2/C(=C(\O)c3cnn(-c4ccccc4)c3C)C(=O)C(=O)N2CCCN(C)C)cc1OC. The number of methoxy groups -OCH3 is 3. The Hall–Kier alpha value is -4.31. The van der Waals surface area contributed by atoms with Crippen LogP contribution in [-0.4, -0.2) is 84.9 Å². The normalized spacial score (nSPS) is 16.7. The highest BCUT2D eigenvalue weighted by molar-refractivity contribution is 6.46. The number of aromatic nitrogens is 2. The van der Waals surface area contributed by atoms with Gasteiger partial charge in [0.25, 0.3) is 11.7 Å². The molecule has 206 valence electrons. The van der Waals surface area contributed by atoms with E-state index >= 15 is 0 Å². The van der Waals surface area contributed by atoms with Crippen LogP contribution in [0.15, 0.2) is 54.2 Å². The molecule has 1 amide bonds. The van der Waals surface area contributed by atoms with Crippen molar-refractivity contribution in [3.63, 3.8) is 0 Å². The van der Waals surface area contributed by atoms with E-state index < -0.39 is 17.7 Å². The molecule has 0 bridgehead atoms. The Morgan fingerprint density at radius 2 is 1.64 bits per heavy atom. The number of hydrogen-bond acceptors (Lipinski definition) is 8. The van der Waals surface area contributed by atoms with Crippen LogP contribution in [0.5, 0.6) is 17.2 Å². The number of ether oxygens (including phenoxy) is 3. The third-order valence-corrected chi connectivity index (χ3v) is 6.84. The molecular weight excluding hydrogens is 500 g/mol. The van der Waals surface area contributed by atoms with Crippen molar-refractivity contribution in [2.75, 3.05) is 48.5 Å². The molecule has 1 aromatic heterocycles. The molecule has 0 saturated carbocycles. The van der Waals surface area contributed by atoms with Gasteiger partial charge < -0.3 is 29.1 Å². The van der Waals surface area contributed by atoms with Crippen LogP contribution in [0.25, 0.3) is 11.4 Å². The van der Waals surface area contributed by atoms with E-state index in [1.165, 1.54) is 32.4 Å². The number of carbonyl (C=O) groups is 2. The number of aliphatic hydroxyl groups is 1. The summed E-state index contributed by atoms with van der Waals surface area (Å²) < 4.78 is 18.3. The summed E-state index contributed by atoms with van der Waals surface area (Å²) in [6.07, 6.45) is 2.12. The molecule has 1 N–H and O–H groups in total. The number of aliphatic hydroxyl groups excluding tert-OH is 1. The average Bonchev–Trinajstić information content (AvgIpc) is 3.44. The van der Waals surface area contributed by atoms with Gasteiger partial charge in [0.2, 0.25) is 0 Å². The molecule has 1 saturated heterocycles. The highest BCUT2D eigenvalue weighted by atomic mass is 16.5. The van der Waals surface area contributed by atoms with Crippen LogP contribution in [0.2, 0.25) is 0 Å². The molecule has 2 heterocycles. The monoisotopic (exact) mass is 534 g/mol. The van der Waals surface area contributed by atoms with Gasteiger partial charge in [-0.15, -0.1) is 0 Å². The predicted molar refractivity (Wildman–Crippen MR) is 147 cm³/mol. The van der Waals surface area contributed by atoms with Crippen LogP contribution in [0.1, 0.15) is 29.3 Å². The minimum Gasteiger partial charge on any atom is -0.507 e. The number of hydrogen-bond donors (Lipinski definition) is 1. The first-order chi connectivity index (χ1) is 18.7. The van der Waals surface area contributed by atoms with Gasteiger partial charge in [0.1, 0.15) is 11.5 Å². The van der Waals surface area contributed by atoms with Gasteiger partial charge in [0.15, 0.2) is 11.5 Å². The van der Waals surface area contributed by atoms with Crippen LogP contribution < -0.4 is 14.2 Å². The van der Waals surface area contributed by atoms with Crippen molar-refractivity contribution >= 4 is 17.4 Å². The first-order valence-corrected chi connectivity index (χ1v) is 12.6. The van der Waals surface area contributed by atoms with Gasteiger partial charge in [-0.3, -0.25) is 9.59 Å². The molecular formula is C29H34N4O6. The maximum absolute atomic E-state index is 13.5. The summed E-state index contributed by atoms with van der Waals surface area (Å²) in [6.45, 7) is 2.81. The summed E-state index contributed by atoms with van der Waals surface area (Å²) in [5.41, 5.74) is 2.24. The van der Waals surface area contributed by atoms with Gasteiger partial charge in [-0.1, -0.05) is 18.2 Å². The lowest BCUT2D eigenvalue weighted by Crippen LogP contribution is -2.32. The second kappa shape index (κ2) is 11.6. The van der Waals surface area contributed by atoms with Crippen molar-refractivity contribution in [3.05, 3.63) is 71.1 Å². The number of para-hydroxylation sites is 1. The Balaban J connectivity index is 1.91. The van der Waals surface area contributed by atoms with E-state index in [9.17, 15) is 14.7 Å². The number of benzene rings is 2. The summed E-state index contributed by atoms with van der Waals surface area (Å²) in [6, 6.07) is 11.9. The van der Waals surface area contributed by atoms with Crippen LogP contribution >= 0.6 is 0 Å². The molecule has 39 heavy (non-hydrogen) atoms. The van der Waals surface area contributed by atoms with Gasteiger partial charge in [-0.05, 0) is 52.2 Å². The van der Waals surface area contributed by atoms with Gasteiger partial charge in [0.05, 0.1) is 56.1 Å². The first kappa shape index (κ1) is 27.7. The van der Waals surface area contributed by atoms with Crippen molar-refractivity contribution in [1.82, 2.24) is 19.6 Å². The Labute approximate surface area is 228 Å². The standard InChI is InChI=1S/C29H34N4O6/c1-18-21(17-30-33(18)19-11-8-7-9-12-19)27(34)25-26(32(29(36)28(25)35)14-10-13-31(2)3)20-15-23(38-5)24(39-6)16-22(20)37-4/h7-9,11-12,15-17,26,34H,10,13-14H2,1-6H3/b27-25+. The second-order valence-corrected chi connectivity index (χ2v) is 9.49. The van der Waals surface area contributed by atoms with E-state index in [2.05, 4.69) is 5.10 Å². The maximum Gasteiger partial charge on any atom is 0.295 e. The Kier molecular flexibility index (Phi) is 8.25. The molecule has 1 aliphatic rings. The largest absolute Gasteiger partial charge is 0.507 e. The highest BCUT2D eigenvalue weighted by Crippen LogP contribution is 2.46. The number of likely N-dealkylation sites (tertiary alicyclic amines) is 1. The van der Waals surface area contributed by atoms with Gasteiger partial charge in [0, 0.05) is 18.2 Å². The van der Waals surface area contributed by atoms with Crippen molar-refractivity contribution in [2.24, 2.45) is 0 Å². The zero-order valence-corrected chi connectivity index (χ0v) is 23.1. The molecule has 0 radical (unpaired) electrons. The van der Waals surface area contributed by atoms with E-state index in [0.717, 1.165) is 5.69 Å². The smallest absolute Gasteiger partial charge is 0.295 e. The molecule has 0 spiro atoms. The quantitative estimate of drug-likeness (QED) is 0.239. The zero-order chi connectivity index (χ0) is 28.3. The molecule has 3 aromatic rings. The molecule has 0 aliphatic carbocycles. The number of carbonyl (C=O) groups excluding carboxylic acids is 2. The van der Waals surface area contributed by atoms with E-state index in [1.54, 1.807) is 23.7 Å². The Bertz CT molecular complexity index is 1400. The Morgan fingerprint density at radius 1 is 1.00 bits per heavy atom. The van der Waals surface area contributed by atoms with Gasteiger partial charge in [-0.25, -0.2) is 4.68 Å². The van der Waals surface area contributed by atoms with E-state index in [0.29, 0.717) is 53.6 Å². The number of amides is 1. The van der Waals surface area contributed by atoms with Crippen LogP contribution in [0.3, 0.4) is 0 Å². The fraction of sp³-hybridized carbons (Fsp3) is 0.345. The molecule has 1 atom stereocenters. The molecule has 4 rings (SSSR count). The number of nitrogens with zero attached hydrogens (tertiary/aromatic N) is 4. The highest BCUT2D eigenvalue weighted by Gasteiger charge is 2.47. The molecule has 1 aliphatic heterocycles. The lowest BCUT2D eigenvalue weighted by Gasteiger charge is -2.27. The van der Waals surface area contributed by atoms with Crippen LogP contribution in [-0.2, 0) is 9.59 Å². The summed E-state index contributed by atoms with van der Waals surface area (Å²) in [5, 5.41) is 16.1. The van der Waals surface area contributed by atoms with Crippen molar-refractivity contribution in [2.45, 2.75) is 19.4 Å². The summed E-state index contributed by atoms with van der Waals surface area (Å²) in [7, 11) is 8.39. The van der Waals surface area contributed by atoms with Crippen molar-refractivity contribution < 1.29 is 28.9 Å². The van der Waals surface area contributed by atoms with Crippen LogP contribution in [0.4, 0.5) is 0 Å². The second-order valence-electron chi connectivity index (χ2n) is 9.49. The van der Waals surface area contributed by atoms with Gasteiger partial charge >= 0.3 is 0 Å². The van der Waals surface area contributed by atoms with E-state index in [1.807, 2.05) is 49.3 Å². The van der Waals surface area contributed by atoms with E-state index in [4.69, 9.17) is 14.2 Å². The fourth-order valence-electron chi connectivity index (χ4n) is 4.87. The van der Waals surface area contributed by atoms with Crippen molar-refractivity contribution in [3.8, 4) is 22.9 Å². The average molecular weight is 535 g/mol. The lowest BCUT2D eigenvalue weighted by molar-refractivity contribution is -0.140. The molecule has 2 aromatic carbocycles. The summed E-state index contributed by atoms with van der Waals surface area (Å²) in [4.78, 5) is 30.4. The Morgan fingerprint density at radius 3 is 2.26 bits per heavy atom. The first-order valence-electron chi connectivity index (χ1n) is 12.6. The predicted octanol–water partition coefficient (Wildman–Crippen LogP) is 3.58. The minimum absolute atomic E-state index is 0.0360. The van der Waals surface area contributed by atoms with Gasteiger partial charge in [-0.2, -0.15) is 5.10 Å². The van der Waals surface area contributed by atoms with E-state index in [-0.39, 0.29) is 11.3 Å². The molecule has 10 nitrogen and oxygen atoms in total. The minimum atomic E-state index is -0.915.